The number of unbranched alkanes of at least 4 members (excludes halogenated alkanes) is 3. The lowest BCUT2D eigenvalue weighted by Gasteiger charge is -2.11. The van der Waals surface area contributed by atoms with Crippen LogP contribution in [0, 0.1) is 0 Å². The molecular weight excluding hydrogens is 398 g/mol. The number of nitrogens with zero attached hydrogens (tertiary/aromatic N) is 3. The van der Waals surface area contributed by atoms with E-state index in [-0.39, 0.29) is 0 Å². The van der Waals surface area contributed by atoms with Gasteiger partial charge in [-0.15, -0.1) is 0 Å². The van der Waals surface area contributed by atoms with Crippen LogP contribution in [0.1, 0.15) is 44.9 Å². The molecule has 8 heteroatoms. The lowest BCUT2D eigenvalue weighted by atomic mass is 10.2. The van der Waals surface area contributed by atoms with Gasteiger partial charge in [0.2, 0.25) is 11.7 Å². The van der Waals surface area contributed by atoms with Gasteiger partial charge in [0.25, 0.3) is 0 Å². The summed E-state index contributed by atoms with van der Waals surface area (Å²) in [7, 11) is 1.65. The Morgan fingerprint density at radius 3 is 2.67 bits per heavy atom. The minimum Gasteiger partial charge on any atom is -0.497 e. The minimum absolute atomic E-state index is 0.621. The molecule has 0 aliphatic heterocycles. The fourth-order valence-corrected chi connectivity index (χ4v) is 3.38. The Morgan fingerprint density at radius 1 is 1.10 bits per heavy atom. The van der Waals surface area contributed by atoms with Gasteiger partial charge in [0, 0.05) is 31.6 Å². The van der Waals surface area contributed by atoms with E-state index in [0.29, 0.717) is 11.7 Å². The van der Waals surface area contributed by atoms with Crippen molar-refractivity contribution in [2.45, 2.75) is 45.4 Å². The van der Waals surface area contributed by atoms with Crippen LogP contribution >= 0.6 is 11.8 Å². The molecule has 0 spiro atoms. The summed E-state index contributed by atoms with van der Waals surface area (Å²) in [6, 6.07) is 7.66. The highest BCUT2D eigenvalue weighted by Crippen LogP contribution is 2.20. The van der Waals surface area contributed by atoms with Crippen molar-refractivity contribution in [1.29, 1.82) is 0 Å². The third-order valence-corrected chi connectivity index (χ3v) is 5.24. The number of benzene rings is 1. The van der Waals surface area contributed by atoms with Crippen molar-refractivity contribution in [3.63, 3.8) is 0 Å². The summed E-state index contributed by atoms with van der Waals surface area (Å²) in [5.74, 6) is 4.26. The van der Waals surface area contributed by atoms with Gasteiger partial charge in [-0.1, -0.05) is 11.6 Å². The second-order valence-corrected chi connectivity index (χ2v) is 7.92. The third kappa shape index (κ3) is 9.07. The second-order valence-electron chi connectivity index (χ2n) is 6.94. The lowest BCUT2D eigenvalue weighted by Crippen LogP contribution is -2.37. The zero-order valence-electron chi connectivity index (χ0n) is 18.4. The van der Waals surface area contributed by atoms with Gasteiger partial charge in [-0.25, -0.2) is 0 Å². The molecule has 30 heavy (non-hydrogen) atoms. The number of hydrogen-bond acceptors (Lipinski definition) is 6. The standard InChI is InChI=1S/C22H35N5O2S/c1-4-23-22(25-16-8-9-17-30-3)24-15-7-5-6-10-20-26-21(27-29-20)18-11-13-19(28-2)14-12-18/h11-14H,4-10,15-17H2,1-3H3,(H2,23,24,25). The average Bonchev–Trinajstić information content (AvgIpc) is 3.25. The molecule has 2 N–H and O–H groups in total. The fraction of sp³-hybridized carbons (Fsp3) is 0.591. The number of aryl methyl sites for hydroxylation is 1. The molecule has 2 rings (SSSR count). The van der Waals surface area contributed by atoms with Crippen LogP contribution in [0.15, 0.2) is 33.8 Å². The van der Waals surface area contributed by atoms with Crippen LogP contribution < -0.4 is 15.4 Å². The molecule has 1 aromatic carbocycles. The number of aromatic nitrogens is 2. The maximum Gasteiger partial charge on any atom is 0.226 e. The Morgan fingerprint density at radius 2 is 1.93 bits per heavy atom. The summed E-state index contributed by atoms with van der Waals surface area (Å²) in [6.45, 7) is 4.76. The first-order valence-electron chi connectivity index (χ1n) is 10.7. The number of hydrogen-bond donors (Lipinski definition) is 2. The molecule has 166 valence electrons. The molecule has 0 unspecified atom stereocenters. The molecule has 7 nitrogen and oxygen atoms in total. The number of methoxy groups -OCH3 is 1. The van der Waals surface area contributed by atoms with E-state index in [4.69, 9.17) is 9.26 Å². The van der Waals surface area contributed by atoms with Crippen LogP contribution in [-0.4, -0.2) is 54.9 Å². The first-order valence-corrected chi connectivity index (χ1v) is 12.1. The van der Waals surface area contributed by atoms with E-state index < -0.39 is 0 Å². The predicted octanol–water partition coefficient (Wildman–Crippen LogP) is 4.16. The number of nitrogens with one attached hydrogen (secondary N) is 2. The molecule has 0 atom stereocenters. The van der Waals surface area contributed by atoms with Crippen molar-refractivity contribution >= 4 is 17.7 Å². The maximum atomic E-state index is 5.38. The molecular formula is C22H35N5O2S. The van der Waals surface area contributed by atoms with Crippen LogP contribution in [-0.2, 0) is 6.42 Å². The third-order valence-electron chi connectivity index (χ3n) is 4.55. The van der Waals surface area contributed by atoms with Crippen molar-refractivity contribution < 1.29 is 9.26 Å². The Kier molecular flexibility index (Phi) is 11.8. The smallest absolute Gasteiger partial charge is 0.226 e. The molecule has 0 aliphatic carbocycles. The monoisotopic (exact) mass is 433 g/mol. The Balaban J connectivity index is 1.65. The number of rotatable bonds is 14. The van der Waals surface area contributed by atoms with E-state index in [9.17, 15) is 0 Å². The largest absolute Gasteiger partial charge is 0.497 e. The molecule has 1 heterocycles. The van der Waals surface area contributed by atoms with Crippen LogP contribution in [0.5, 0.6) is 5.75 Å². The van der Waals surface area contributed by atoms with Gasteiger partial charge in [0.1, 0.15) is 5.75 Å². The van der Waals surface area contributed by atoms with Crippen LogP contribution in [0.3, 0.4) is 0 Å². The van der Waals surface area contributed by atoms with Gasteiger partial charge in [-0.3, -0.25) is 4.99 Å². The fourth-order valence-electron chi connectivity index (χ4n) is 2.89. The molecule has 0 radical (unpaired) electrons. The van der Waals surface area contributed by atoms with Gasteiger partial charge in [0.15, 0.2) is 5.96 Å². The zero-order chi connectivity index (χ0) is 21.4. The quantitative estimate of drug-likeness (QED) is 0.263. The summed E-state index contributed by atoms with van der Waals surface area (Å²) in [4.78, 5) is 9.15. The molecule has 0 fully saturated rings. The highest BCUT2D eigenvalue weighted by molar-refractivity contribution is 7.98. The van der Waals surface area contributed by atoms with Gasteiger partial charge in [-0.05, 0) is 68.9 Å². The van der Waals surface area contributed by atoms with Crippen molar-refractivity contribution in [2.75, 3.05) is 38.8 Å². The molecule has 0 aliphatic rings. The predicted molar refractivity (Wildman–Crippen MR) is 125 cm³/mol. The summed E-state index contributed by atoms with van der Waals surface area (Å²) in [5.41, 5.74) is 0.928. The molecule has 0 saturated carbocycles. The van der Waals surface area contributed by atoms with Gasteiger partial charge < -0.3 is 19.9 Å². The first kappa shape index (κ1) is 24.1. The van der Waals surface area contributed by atoms with E-state index >= 15 is 0 Å². The molecule has 2 aromatic rings. The lowest BCUT2D eigenvalue weighted by molar-refractivity contribution is 0.374. The second kappa shape index (κ2) is 14.7. The van der Waals surface area contributed by atoms with Crippen molar-refractivity contribution in [1.82, 2.24) is 20.8 Å². The topological polar surface area (TPSA) is 84.6 Å². The Bertz CT molecular complexity index is 733. The zero-order valence-corrected chi connectivity index (χ0v) is 19.3. The number of aliphatic imine (C=N–C) groups is 1. The van der Waals surface area contributed by atoms with Crippen LogP contribution in [0.4, 0.5) is 0 Å². The molecule has 0 amide bonds. The van der Waals surface area contributed by atoms with Crippen molar-refractivity contribution in [3.05, 3.63) is 30.2 Å². The van der Waals surface area contributed by atoms with E-state index in [1.807, 2.05) is 36.0 Å². The summed E-state index contributed by atoms with van der Waals surface area (Å²) >= 11 is 1.90. The number of ether oxygens (including phenoxy) is 1. The maximum absolute atomic E-state index is 5.38. The van der Waals surface area contributed by atoms with E-state index in [2.05, 4.69) is 38.9 Å². The minimum atomic E-state index is 0.621. The SMILES string of the molecule is CCNC(=NCCCCCc1nc(-c2ccc(OC)cc2)no1)NCCCCSC. The van der Waals surface area contributed by atoms with E-state index in [1.54, 1.807) is 7.11 Å². The highest BCUT2D eigenvalue weighted by Gasteiger charge is 2.08. The summed E-state index contributed by atoms with van der Waals surface area (Å²) < 4.78 is 10.6. The number of thioether (sulfide) groups is 1. The molecule has 0 bridgehead atoms. The Hall–Kier alpha value is -2.22. The summed E-state index contributed by atoms with van der Waals surface area (Å²) in [5, 5.41) is 10.8. The summed E-state index contributed by atoms with van der Waals surface area (Å²) in [6.07, 6.45) is 8.49. The average molecular weight is 434 g/mol. The first-order chi connectivity index (χ1) is 14.8. The van der Waals surface area contributed by atoms with Gasteiger partial charge in [0.05, 0.1) is 7.11 Å². The number of guanidine groups is 1. The highest BCUT2D eigenvalue weighted by atomic mass is 32.2. The molecule has 0 saturated heterocycles. The van der Waals surface area contributed by atoms with Crippen molar-refractivity contribution in [2.24, 2.45) is 4.99 Å². The molecule has 1 aromatic heterocycles. The van der Waals surface area contributed by atoms with E-state index in [0.717, 1.165) is 62.6 Å². The normalized spacial score (nSPS) is 11.5. The van der Waals surface area contributed by atoms with Gasteiger partial charge >= 0.3 is 0 Å². The van der Waals surface area contributed by atoms with Crippen LogP contribution in [0.2, 0.25) is 0 Å². The van der Waals surface area contributed by atoms with Crippen molar-refractivity contribution in [3.8, 4) is 17.1 Å². The van der Waals surface area contributed by atoms with Crippen LogP contribution in [0.25, 0.3) is 11.4 Å². The van der Waals surface area contributed by atoms with Gasteiger partial charge in [-0.2, -0.15) is 16.7 Å². The Labute approximate surface area is 184 Å². The van der Waals surface area contributed by atoms with E-state index in [1.165, 1.54) is 18.6 Å².